The second kappa shape index (κ2) is 9.13. The minimum atomic E-state index is -0.635. The fraction of sp³-hybridized carbons (Fsp3) is 0.391. The molecule has 2 aromatic carbocycles. The second-order valence-electron chi connectivity index (χ2n) is 6.82. The maximum Gasteiger partial charge on any atom is 0.170 e. The van der Waals surface area contributed by atoms with Crippen LogP contribution in [0.4, 0.5) is 0 Å². The minimum absolute atomic E-state index is 0.141. The zero-order valence-corrected chi connectivity index (χ0v) is 15.2. The van der Waals surface area contributed by atoms with E-state index in [-0.39, 0.29) is 18.8 Å². The van der Waals surface area contributed by atoms with Gasteiger partial charge < -0.3 is 14.6 Å². The van der Waals surface area contributed by atoms with E-state index >= 15 is 0 Å². The van der Waals surface area contributed by atoms with Crippen LogP contribution in [0, 0.1) is 0 Å². The number of hydrogen-bond donors (Lipinski definition) is 1. The lowest BCUT2D eigenvalue weighted by molar-refractivity contribution is -0.186. The zero-order chi connectivity index (χ0) is 18.2. The number of hydrogen-bond acceptors (Lipinski definition) is 3. The van der Waals surface area contributed by atoms with E-state index in [1.54, 1.807) is 0 Å². The van der Waals surface area contributed by atoms with Crippen LogP contribution < -0.4 is 0 Å². The first-order chi connectivity index (χ1) is 12.8. The van der Waals surface area contributed by atoms with Crippen LogP contribution in [-0.4, -0.2) is 17.5 Å². The third-order valence-electron chi connectivity index (χ3n) is 4.91. The van der Waals surface area contributed by atoms with Gasteiger partial charge in [-0.1, -0.05) is 66.7 Å². The molecule has 3 rings (SSSR count). The van der Waals surface area contributed by atoms with E-state index in [4.69, 9.17) is 14.6 Å². The van der Waals surface area contributed by atoms with Crippen molar-refractivity contribution in [3.05, 3.63) is 84.4 Å². The molecule has 1 saturated heterocycles. The molecule has 0 amide bonds. The molecule has 2 aromatic rings. The maximum atomic E-state index is 9.16. The van der Waals surface area contributed by atoms with Crippen LogP contribution in [-0.2, 0) is 9.47 Å². The Balaban J connectivity index is 1.91. The van der Waals surface area contributed by atoms with Gasteiger partial charge in [0.05, 0.1) is 0 Å². The summed E-state index contributed by atoms with van der Waals surface area (Å²) in [6.45, 7) is 4.05. The van der Waals surface area contributed by atoms with Gasteiger partial charge in [-0.2, -0.15) is 0 Å². The molecule has 138 valence electrons. The van der Waals surface area contributed by atoms with Crippen LogP contribution in [0.25, 0.3) is 0 Å². The Hall–Kier alpha value is -1.94. The molecule has 1 fully saturated rings. The zero-order valence-electron chi connectivity index (χ0n) is 15.2. The highest BCUT2D eigenvalue weighted by Gasteiger charge is 2.47. The van der Waals surface area contributed by atoms with Crippen LogP contribution in [0.3, 0.4) is 0 Å². The standard InChI is InChI=1S/C23H28O3/c1-2-3-16-23(17-10-11-18-24)25-21(19-12-6-4-7-13-19)22(26-23)20-14-8-5-9-15-20/h2,4-9,12-15,21-22,24H,1,3,10-11,16-18H2/t21-,22-/m1/s1. The SMILES string of the molecule is C=CCCC1(CCCCO)O[C@H](c2ccccc2)[C@@H](c2ccccc2)O1. The average Bonchev–Trinajstić information content (AvgIpc) is 3.08. The molecule has 1 aliphatic heterocycles. The van der Waals surface area contributed by atoms with Crippen LogP contribution in [0.1, 0.15) is 55.4 Å². The van der Waals surface area contributed by atoms with E-state index in [1.165, 1.54) is 0 Å². The molecular weight excluding hydrogens is 324 g/mol. The van der Waals surface area contributed by atoms with Gasteiger partial charge >= 0.3 is 0 Å². The summed E-state index contributed by atoms with van der Waals surface area (Å²) in [5, 5.41) is 9.16. The van der Waals surface area contributed by atoms with Gasteiger partial charge in [-0.3, -0.25) is 0 Å². The summed E-state index contributed by atoms with van der Waals surface area (Å²) in [5.74, 6) is -0.635. The number of aliphatic hydroxyl groups excluding tert-OH is 1. The van der Waals surface area contributed by atoms with Gasteiger partial charge in [-0.05, 0) is 30.4 Å². The van der Waals surface area contributed by atoms with Crippen LogP contribution in [0.2, 0.25) is 0 Å². The Bertz CT molecular complexity index is 621. The summed E-state index contributed by atoms with van der Waals surface area (Å²) in [4.78, 5) is 0. The molecule has 0 aliphatic carbocycles. The summed E-state index contributed by atoms with van der Waals surface area (Å²) in [6, 6.07) is 20.6. The predicted octanol–water partition coefficient (Wildman–Crippen LogP) is 5.34. The first-order valence-electron chi connectivity index (χ1n) is 9.45. The van der Waals surface area contributed by atoms with Crippen molar-refractivity contribution >= 4 is 0 Å². The first kappa shape index (κ1) is 18.8. The third kappa shape index (κ3) is 4.42. The highest BCUT2D eigenvalue weighted by molar-refractivity contribution is 5.26. The Morgan fingerprint density at radius 2 is 1.38 bits per heavy atom. The Labute approximate surface area is 156 Å². The lowest BCUT2D eigenvalue weighted by Crippen LogP contribution is -2.30. The van der Waals surface area contributed by atoms with Crippen molar-refractivity contribution < 1.29 is 14.6 Å². The van der Waals surface area contributed by atoms with Crippen molar-refractivity contribution in [2.75, 3.05) is 6.61 Å². The van der Waals surface area contributed by atoms with Gasteiger partial charge in [-0.25, -0.2) is 0 Å². The van der Waals surface area contributed by atoms with Crippen molar-refractivity contribution in [3.8, 4) is 0 Å². The van der Waals surface area contributed by atoms with Crippen LogP contribution in [0.5, 0.6) is 0 Å². The highest BCUT2D eigenvalue weighted by atomic mass is 16.8. The largest absolute Gasteiger partial charge is 0.396 e. The number of rotatable bonds is 9. The second-order valence-corrected chi connectivity index (χ2v) is 6.82. The molecule has 0 unspecified atom stereocenters. The molecule has 1 aliphatic rings. The van der Waals surface area contributed by atoms with Gasteiger partial charge in [0.15, 0.2) is 5.79 Å². The fourth-order valence-electron chi connectivity index (χ4n) is 3.57. The molecule has 26 heavy (non-hydrogen) atoms. The predicted molar refractivity (Wildman–Crippen MR) is 104 cm³/mol. The van der Waals surface area contributed by atoms with Gasteiger partial charge in [0.1, 0.15) is 12.2 Å². The average molecular weight is 352 g/mol. The van der Waals surface area contributed by atoms with Crippen molar-refractivity contribution in [1.82, 2.24) is 0 Å². The molecule has 0 aromatic heterocycles. The molecule has 0 bridgehead atoms. The first-order valence-corrected chi connectivity index (χ1v) is 9.45. The van der Waals surface area contributed by atoms with E-state index in [2.05, 4.69) is 30.8 Å². The molecule has 0 saturated carbocycles. The fourth-order valence-corrected chi connectivity index (χ4v) is 3.57. The lowest BCUT2D eigenvalue weighted by atomic mass is 9.99. The normalized spacial score (nSPS) is 21.6. The number of ether oxygens (including phenoxy) is 2. The van der Waals surface area contributed by atoms with E-state index in [1.807, 2.05) is 42.5 Å². The van der Waals surface area contributed by atoms with E-state index in [9.17, 15) is 0 Å². The Morgan fingerprint density at radius 3 is 1.85 bits per heavy atom. The molecule has 0 radical (unpaired) electrons. The van der Waals surface area contributed by atoms with E-state index in [0.717, 1.165) is 43.2 Å². The highest BCUT2D eigenvalue weighted by Crippen LogP contribution is 2.50. The van der Waals surface area contributed by atoms with Crippen molar-refractivity contribution in [1.29, 1.82) is 0 Å². The number of allylic oxidation sites excluding steroid dienone is 1. The smallest absolute Gasteiger partial charge is 0.170 e. The van der Waals surface area contributed by atoms with Crippen LogP contribution >= 0.6 is 0 Å². The molecule has 3 heteroatoms. The van der Waals surface area contributed by atoms with E-state index in [0.29, 0.717) is 0 Å². The molecule has 3 nitrogen and oxygen atoms in total. The molecule has 0 spiro atoms. The summed E-state index contributed by atoms with van der Waals surface area (Å²) < 4.78 is 13.2. The number of aliphatic hydroxyl groups is 1. The van der Waals surface area contributed by atoms with Gasteiger partial charge in [0.2, 0.25) is 0 Å². The van der Waals surface area contributed by atoms with Crippen molar-refractivity contribution in [2.45, 2.75) is 50.1 Å². The number of unbranched alkanes of at least 4 members (excludes halogenated alkanes) is 1. The molecular formula is C23H28O3. The van der Waals surface area contributed by atoms with Crippen LogP contribution in [0.15, 0.2) is 73.3 Å². The number of benzene rings is 2. The van der Waals surface area contributed by atoms with Crippen molar-refractivity contribution in [2.24, 2.45) is 0 Å². The summed E-state index contributed by atoms with van der Waals surface area (Å²) in [6.07, 6.45) is 5.64. The summed E-state index contributed by atoms with van der Waals surface area (Å²) in [7, 11) is 0. The monoisotopic (exact) mass is 352 g/mol. The minimum Gasteiger partial charge on any atom is -0.396 e. The topological polar surface area (TPSA) is 38.7 Å². The maximum absolute atomic E-state index is 9.16. The van der Waals surface area contributed by atoms with Gasteiger partial charge in [-0.15, -0.1) is 6.58 Å². The quantitative estimate of drug-likeness (QED) is 0.489. The Kier molecular flexibility index (Phi) is 6.62. The molecule has 1 N–H and O–H groups in total. The molecule has 2 atom stereocenters. The van der Waals surface area contributed by atoms with Gasteiger partial charge in [0, 0.05) is 19.4 Å². The Morgan fingerprint density at radius 1 is 0.846 bits per heavy atom. The third-order valence-corrected chi connectivity index (χ3v) is 4.91. The van der Waals surface area contributed by atoms with E-state index < -0.39 is 5.79 Å². The van der Waals surface area contributed by atoms with Crippen molar-refractivity contribution in [3.63, 3.8) is 0 Å². The summed E-state index contributed by atoms with van der Waals surface area (Å²) in [5.41, 5.74) is 2.26. The van der Waals surface area contributed by atoms with Gasteiger partial charge in [0.25, 0.3) is 0 Å². The summed E-state index contributed by atoms with van der Waals surface area (Å²) >= 11 is 0. The molecule has 1 heterocycles. The lowest BCUT2D eigenvalue weighted by Gasteiger charge is -2.28.